The van der Waals surface area contributed by atoms with Crippen molar-refractivity contribution in [3.8, 4) is 22.5 Å². The number of ether oxygens (including phenoxy) is 2. The summed E-state index contributed by atoms with van der Waals surface area (Å²) in [5.41, 5.74) is 6.30. The Morgan fingerprint density at radius 3 is 2.63 bits per heavy atom. The molecule has 6 rings (SSSR count). The van der Waals surface area contributed by atoms with Crippen molar-refractivity contribution in [1.29, 1.82) is 0 Å². The highest BCUT2D eigenvalue weighted by Gasteiger charge is 2.37. The number of rotatable bonds is 18. The zero-order valence-electron chi connectivity index (χ0n) is 34.0. The van der Waals surface area contributed by atoms with Crippen LogP contribution < -0.4 is 5.32 Å². The molecule has 4 heterocycles. The maximum absolute atomic E-state index is 14.0. The van der Waals surface area contributed by atoms with Gasteiger partial charge < -0.3 is 24.3 Å². The summed E-state index contributed by atoms with van der Waals surface area (Å²) in [5, 5.41) is 8.12. The Bertz CT molecular complexity index is 2030. The number of aromatic nitrogens is 3. The van der Waals surface area contributed by atoms with Crippen molar-refractivity contribution in [2.75, 3.05) is 33.9 Å². The normalized spacial score (nSPS) is 16.6. The minimum atomic E-state index is -0.923. The zero-order chi connectivity index (χ0) is 40.7. The molecule has 13 nitrogen and oxygen atoms in total. The number of fused-ring (bicyclic) bond motifs is 1. The average molecular weight is 801 g/mol. The number of carbonyl (C=O) groups excluding carboxylic acids is 4. The second-order valence-corrected chi connectivity index (χ2v) is 16.9. The first kappa shape index (κ1) is 42.0. The lowest BCUT2D eigenvalue weighted by molar-refractivity contribution is -0.199. The molecule has 1 aliphatic heterocycles. The molecule has 1 N–H and O–H groups in total. The molecule has 4 aromatic rings. The van der Waals surface area contributed by atoms with Gasteiger partial charge in [0.2, 0.25) is 12.3 Å². The van der Waals surface area contributed by atoms with E-state index in [0.29, 0.717) is 44.0 Å². The highest BCUT2D eigenvalue weighted by Crippen LogP contribution is 2.42. The number of hydroxylamine groups is 2. The van der Waals surface area contributed by atoms with Gasteiger partial charge in [-0.1, -0.05) is 32.8 Å². The fourth-order valence-corrected chi connectivity index (χ4v) is 9.28. The summed E-state index contributed by atoms with van der Waals surface area (Å²) >= 11 is 1.44. The largest absolute Gasteiger partial charge is 0.467 e. The Kier molecular flexibility index (Phi) is 13.8. The third kappa shape index (κ3) is 9.39. The molecule has 3 aromatic heterocycles. The van der Waals surface area contributed by atoms with Crippen molar-refractivity contribution in [2.24, 2.45) is 11.3 Å². The van der Waals surface area contributed by atoms with E-state index in [-0.39, 0.29) is 42.3 Å². The van der Waals surface area contributed by atoms with Crippen molar-refractivity contribution in [3.05, 3.63) is 58.2 Å². The van der Waals surface area contributed by atoms with E-state index in [4.69, 9.17) is 24.3 Å². The van der Waals surface area contributed by atoms with Gasteiger partial charge in [0.25, 0.3) is 12.4 Å². The maximum Gasteiger partial charge on any atom is 0.293 e. The van der Waals surface area contributed by atoms with Crippen LogP contribution in [0.5, 0.6) is 0 Å². The highest BCUT2D eigenvalue weighted by atomic mass is 32.1. The lowest BCUT2D eigenvalue weighted by atomic mass is 9.84. The Morgan fingerprint density at radius 1 is 1.16 bits per heavy atom. The topological polar surface area (TPSA) is 145 Å². The maximum atomic E-state index is 14.0. The molecular weight excluding hydrogens is 745 g/mol. The molecule has 1 aliphatic carbocycles. The van der Waals surface area contributed by atoms with Gasteiger partial charge in [-0.05, 0) is 81.7 Å². The molecule has 0 spiro atoms. The summed E-state index contributed by atoms with van der Waals surface area (Å²) in [6, 6.07) is 8.80. The zero-order valence-corrected chi connectivity index (χ0v) is 34.8. The smallest absolute Gasteiger partial charge is 0.293 e. The molecule has 3 amide bonds. The van der Waals surface area contributed by atoms with Gasteiger partial charge in [-0.15, -0.1) is 11.3 Å². The van der Waals surface area contributed by atoms with Crippen molar-refractivity contribution < 1.29 is 33.5 Å². The molecule has 1 saturated heterocycles. The molecule has 2 fully saturated rings. The predicted octanol–water partition coefficient (Wildman–Crippen LogP) is 6.52. The van der Waals surface area contributed by atoms with E-state index < -0.39 is 12.1 Å². The van der Waals surface area contributed by atoms with E-state index in [9.17, 15) is 19.2 Å². The van der Waals surface area contributed by atoms with Gasteiger partial charge >= 0.3 is 0 Å². The lowest BCUT2D eigenvalue weighted by Gasteiger charge is -2.33. The number of hydrogen-bond acceptors (Lipinski definition) is 10. The summed E-state index contributed by atoms with van der Waals surface area (Å²) in [7, 11) is 3.31. The molecule has 57 heavy (non-hydrogen) atoms. The Balaban J connectivity index is 1.37. The first-order chi connectivity index (χ1) is 27.5. The van der Waals surface area contributed by atoms with Gasteiger partial charge in [0.1, 0.15) is 12.1 Å². The van der Waals surface area contributed by atoms with Gasteiger partial charge in [0, 0.05) is 72.7 Å². The molecule has 1 aromatic carbocycles. The fraction of sp³-hybridized carbons (Fsp3) is 0.535. The molecule has 14 heteroatoms. The van der Waals surface area contributed by atoms with Gasteiger partial charge in [-0.2, -0.15) is 0 Å². The standard InChI is InChI=1S/C43H56N6O7S/c1-7-48-36-17-16-30(21-32(36)33(23-43(3,4)25-55-27-51)40(48)31-15-12-18-44-38(31)28(2)54-6)35-24-57-37(45-35)22-34(42(53)49-19-10-11-20-56-49)46-41(52)39(47(5)26-50)29-13-8-9-14-29/h12,15-18,21,24,26-29,34,39H,7-11,13-14,19-20,22-23,25H2,1-6H3,(H,46,52). The molecule has 0 bridgehead atoms. The van der Waals surface area contributed by atoms with Crippen molar-refractivity contribution in [2.45, 2.75) is 104 Å². The first-order valence-corrected chi connectivity index (χ1v) is 20.9. The molecule has 1 saturated carbocycles. The van der Waals surface area contributed by atoms with Crippen LogP contribution in [-0.4, -0.2) is 95.2 Å². The van der Waals surface area contributed by atoms with Crippen molar-refractivity contribution in [3.63, 3.8) is 0 Å². The summed E-state index contributed by atoms with van der Waals surface area (Å²) in [5.74, 6) is -0.624. The quantitative estimate of drug-likeness (QED) is 0.111. The summed E-state index contributed by atoms with van der Waals surface area (Å²) in [4.78, 5) is 68.0. The van der Waals surface area contributed by atoms with Crippen LogP contribution in [-0.2, 0) is 52.9 Å². The molecule has 2 aliphatic rings. The minimum absolute atomic E-state index is 0.0350. The summed E-state index contributed by atoms with van der Waals surface area (Å²) < 4.78 is 13.4. The number of aryl methyl sites for hydroxylation is 1. The number of likely N-dealkylation sites (N-methyl/N-ethyl adjacent to an activating group) is 1. The summed E-state index contributed by atoms with van der Waals surface area (Å²) in [6.45, 7) is 10.6. The van der Waals surface area contributed by atoms with E-state index in [2.05, 4.69) is 54.9 Å². The van der Waals surface area contributed by atoms with Crippen LogP contribution in [0.2, 0.25) is 0 Å². The lowest BCUT2D eigenvalue weighted by Crippen LogP contribution is -2.56. The summed E-state index contributed by atoms with van der Waals surface area (Å²) in [6.07, 6.45) is 8.43. The monoisotopic (exact) mass is 800 g/mol. The second-order valence-electron chi connectivity index (χ2n) is 16.0. The van der Waals surface area contributed by atoms with Gasteiger partial charge in [0.15, 0.2) is 0 Å². The molecule has 3 atom stereocenters. The van der Waals surface area contributed by atoms with Crippen LogP contribution >= 0.6 is 11.3 Å². The number of hydrogen-bond donors (Lipinski definition) is 1. The van der Waals surface area contributed by atoms with Gasteiger partial charge in [0.05, 0.1) is 41.4 Å². The average Bonchev–Trinajstić information content (AvgIpc) is 3.99. The number of nitrogens with zero attached hydrogens (tertiary/aromatic N) is 5. The van der Waals surface area contributed by atoms with Crippen LogP contribution in [0.15, 0.2) is 41.9 Å². The third-order valence-electron chi connectivity index (χ3n) is 11.3. The fourth-order valence-electron chi connectivity index (χ4n) is 8.42. The highest BCUT2D eigenvalue weighted by molar-refractivity contribution is 7.10. The molecule has 306 valence electrons. The number of amides is 3. The number of methoxy groups -OCH3 is 1. The number of thiazole rings is 1. The minimum Gasteiger partial charge on any atom is -0.467 e. The van der Waals surface area contributed by atoms with Crippen LogP contribution in [0.25, 0.3) is 33.4 Å². The molecule has 3 unspecified atom stereocenters. The Morgan fingerprint density at radius 2 is 1.95 bits per heavy atom. The van der Waals surface area contributed by atoms with E-state index in [1.165, 1.54) is 21.3 Å². The van der Waals surface area contributed by atoms with Crippen LogP contribution in [0.4, 0.5) is 0 Å². The van der Waals surface area contributed by atoms with E-state index >= 15 is 0 Å². The third-order valence-corrected chi connectivity index (χ3v) is 12.2. The van der Waals surface area contributed by atoms with E-state index in [1.54, 1.807) is 20.4 Å². The number of benzene rings is 1. The van der Waals surface area contributed by atoms with Gasteiger partial charge in [-0.25, -0.2) is 10.0 Å². The number of pyridine rings is 1. The SMILES string of the molecule is CCn1c(-c2cccnc2C(C)OC)c(CC(C)(C)COC=O)c2cc(-c3csc(CC(NC(=O)C(C4CCCC4)N(C)C=O)C(=O)N4CCCCO4)n3)ccc21. The second kappa shape index (κ2) is 18.7. The van der Waals surface area contributed by atoms with Crippen molar-refractivity contribution >= 4 is 46.9 Å². The molecule has 0 radical (unpaired) electrons. The molecular formula is C43H56N6O7S. The Hall–Kier alpha value is -4.66. The predicted molar refractivity (Wildman–Crippen MR) is 219 cm³/mol. The first-order valence-electron chi connectivity index (χ1n) is 20.0. The number of carbonyl (C=O) groups is 4. The van der Waals surface area contributed by atoms with Crippen LogP contribution in [0, 0.1) is 11.3 Å². The van der Waals surface area contributed by atoms with E-state index in [1.807, 2.05) is 18.4 Å². The van der Waals surface area contributed by atoms with E-state index in [0.717, 1.165) is 83.2 Å². The number of nitrogens with one attached hydrogen (secondary N) is 1. The Labute approximate surface area is 339 Å². The van der Waals surface area contributed by atoms with Crippen molar-refractivity contribution in [1.82, 2.24) is 29.8 Å². The van der Waals surface area contributed by atoms with Crippen LogP contribution in [0.1, 0.15) is 88.6 Å². The van der Waals surface area contributed by atoms with Crippen LogP contribution in [0.3, 0.4) is 0 Å². The van der Waals surface area contributed by atoms with Gasteiger partial charge in [-0.3, -0.25) is 29.0 Å².